The number of carbonyl (C=O) groups excluding carboxylic acids is 1. The van der Waals surface area contributed by atoms with Gasteiger partial charge in [-0.15, -0.1) is 0 Å². The topological polar surface area (TPSA) is 29.5 Å². The van der Waals surface area contributed by atoms with Crippen molar-refractivity contribution < 1.29 is 9.53 Å². The van der Waals surface area contributed by atoms with Crippen molar-refractivity contribution in [2.75, 3.05) is 20.2 Å². The van der Waals surface area contributed by atoms with Crippen LogP contribution in [0.4, 0.5) is 0 Å². The van der Waals surface area contributed by atoms with E-state index < -0.39 is 0 Å². The average Bonchev–Trinajstić information content (AvgIpc) is 2.30. The zero-order valence-corrected chi connectivity index (χ0v) is 9.77. The first-order valence-electron chi connectivity index (χ1n) is 5.20. The number of ether oxygens (including phenoxy) is 1. The highest BCUT2D eigenvalue weighted by Gasteiger charge is 2.03. The van der Waals surface area contributed by atoms with Gasteiger partial charge in [0, 0.05) is 7.05 Å². The Balaban J connectivity index is 2.33. The first kappa shape index (κ1) is 12.3. The maximum Gasteiger partial charge on any atom is 0.245 e. The van der Waals surface area contributed by atoms with E-state index in [1.807, 2.05) is 31.2 Å². The van der Waals surface area contributed by atoms with E-state index in [1.54, 1.807) is 11.9 Å². The van der Waals surface area contributed by atoms with Crippen LogP contribution in [0, 0.1) is 6.92 Å². The van der Waals surface area contributed by atoms with Gasteiger partial charge in [0.15, 0.2) is 0 Å². The number of likely N-dealkylation sites (N-methyl/N-ethyl adjacent to an activating group) is 1. The Morgan fingerprint density at radius 1 is 1.44 bits per heavy atom. The summed E-state index contributed by atoms with van der Waals surface area (Å²) in [5.74, 6) is 0.734. The minimum Gasteiger partial charge on any atom is -0.492 e. The Bertz CT molecular complexity index is 357. The second-order valence-corrected chi connectivity index (χ2v) is 3.63. The van der Waals surface area contributed by atoms with Gasteiger partial charge in [0.1, 0.15) is 12.4 Å². The van der Waals surface area contributed by atoms with Crippen LogP contribution in [0.2, 0.25) is 0 Å². The molecule has 1 rings (SSSR count). The lowest BCUT2D eigenvalue weighted by molar-refractivity contribution is -0.125. The monoisotopic (exact) mass is 219 g/mol. The number of carbonyl (C=O) groups is 1. The zero-order valence-electron chi connectivity index (χ0n) is 9.77. The Hall–Kier alpha value is -1.77. The van der Waals surface area contributed by atoms with Crippen LogP contribution < -0.4 is 4.74 Å². The summed E-state index contributed by atoms with van der Waals surface area (Å²) < 4.78 is 5.50. The smallest absolute Gasteiger partial charge is 0.245 e. The van der Waals surface area contributed by atoms with Crippen molar-refractivity contribution in [2.24, 2.45) is 0 Å². The highest BCUT2D eigenvalue weighted by Crippen LogP contribution is 2.10. The standard InChI is InChI=1S/C13H17NO2/c1-4-13(15)14(3)9-10-16-12-7-5-11(2)6-8-12/h4-8H,1,9-10H2,2-3H3. The van der Waals surface area contributed by atoms with E-state index in [1.165, 1.54) is 11.6 Å². The summed E-state index contributed by atoms with van der Waals surface area (Å²) in [6, 6.07) is 7.83. The van der Waals surface area contributed by atoms with Crippen LogP contribution >= 0.6 is 0 Å². The van der Waals surface area contributed by atoms with Gasteiger partial charge in [-0.2, -0.15) is 0 Å². The van der Waals surface area contributed by atoms with Gasteiger partial charge >= 0.3 is 0 Å². The van der Waals surface area contributed by atoms with E-state index in [9.17, 15) is 4.79 Å². The number of aryl methyl sites for hydroxylation is 1. The van der Waals surface area contributed by atoms with Gasteiger partial charge in [-0.3, -0.25) is 4.79 Å². The molecule has 0 aliphatic heterocycles. The molecular formula is C13H17NO2. The van der Waals surface area contributed by atoms with Crippen molar-refractivity contribution >= 4 is 5.91 Å². The third-order valence-corrected chi connectivity index (χ3v) is 2.27. The summed E-state index contributed by atoms with van der Waals surface area (Å²) in [5, 5.41) is 0. The van der Waals surface area contributed by atoms with Crippen molar-refractivity contribution in [3.05, 3.63) is 42.5 Å². The number of hydrogen-bond acceptors (Lipinski definition) is 2. The molecule has 0 aliphatic carbocycles. The Morgan fingerprint density at radius 3 is 2.62 bits per heavy atom. The maximum atomic E-state index is 11.2. The van der Waals surface area contributed by atoms with Gasteiger partial charge in [0.05, 0.1) is 6.54 Å². The molecule has 0 aromatic heterocycles. The molecule has 0 N–H and O–H groups in total. The van der Waals surface area contributed by atoms with Crippen LogP contribution in [0.3, 0.4) is 0 Å². The van der Waals surface area contributed by atoms with Gasteiger partial charge < -0.3 is 9.64 Å². The lowest BCUT2D eigenvalue weighted by atomic mass is 10.2. The van der Waals surface area contributed by atoms with E-state index >= 15 is 0 Å². The molecule has 1 aromatic rings. The predicted octanol–water partition coefficient (Wildman–Crippen LogP) is 2.02. The van der Waals surface area contributed by atoms with Crippen molar-refractivity contribution in [3.63, 3.8) is 0 Å². The summed E-state index contributed by atoms with van der Waals surface area (Å²) in [4.78, 5) is 12.7. The number of hydrogen-bond donors (Lipinski definition) is 0. The predicted molar refractivity (Wildman–Crippen MR) is 64.5 cm³/mol. The fourth-order valence-corrected chi connectivity index (χ4v) is 1.20. The zero-order chi connectivity index (χ0) is 12.0. The lowest BCUT2D eigenvalue weighted by Crippen LogP contribution is -2.29. The molecule has 1 aromatic carbocycles. The Morgan fingerprint density at radius 2 is 2.06 bits per heavy atom. The average molecular weight is 219 g/mol. The molecular weight excluding hydrogens is 202 g/mol. The molecule has 3 heteroatoms. The summed E-state index contributed by atoms with van der Waals surface area (Å²) in [5.41, 5.74) is 1.20. The molecule has 86 valence electrons. The van der Waals surface area contributed by atoms with Crippen LogP contribution in [0.1, 0.15) is 5.56 Å². The summed E-state index contributed by atoms with van der Waals surface area (Å²) in [6.45, 7) is 6.49. The molecule has 0 heterocycles. The molecule has 0 fully saturated rings. The quantitative estimate of drug-likeness (QED) is 0.709. The summed E-state index contributed by atoms with van der Waals surface area (Å²) in [6.07, 6.45) is 1.30. The molecule has 0 saturated heterocycles. The molecule has 0 aliphatic rings. The molecule has 0 atom stereocenters. The van der Waals surface area contributed by atoms with Crippen LogP contribution in [-0.4, -0.2) is 31.0 Å². The van der Waals surface area contributed by atoms with Crippen LogP contribution in [0.15, 0.2) is 36.9 Å². The van der Waals surface area contributed by atoms with Gasteiger partial charge in [-0.25, -0.2) is 0 Å². The Kier molecular flexibility index (Phi) is 4.58. The minimum atomic E-state index is -0.0903. The van der Waals surface area contributed by atoms with E-state index in [2.05, 4.69) is 6.58 Å². The van der Waals surface area contributed by atoms with Gasteiger partial charge in [0.25, 0.3) is 0 Å². The normalized spacial score (nSPS) is 9.62. The molecule has 3 nitrogen and oxygen atoms in total. The van der Waals surface area contributed by atoms with Crippen molar-refractivity contribution in [2.45, 2.75) is 6.92 Å². The van der Waals surface area contributed by atoms with Crippen molar-refractivity contribution in [1.82, 2.24) is 4.90 Å². The summed E-state index contributed by atoms with van der Waals surface area (Å²) >= 11 is 0. The third-order valence-electron chi connectivity index (χ3n) is 2.27. The Labute approximate surface area is 96.3 Å². The van der Waals surface area contributed by atoms with E-state index in [-0.39, 0.29) is 5.91 Å². The highest BCUT2D eigenvalue weighted by molar-refractivity contribution is 5.86. The molecule has 0 bridgehead atoms. The molecule has 16 heavy (non-hydrogen) atoms. The number of nitrogens with zero attached hydrogens (tertiary/aromatic N) is 1. The first-order valence-corrected chi connectivity index (χ1v) is 5.20. The van der Waals surface area contributed by atoms with E-state index in [0.29, 0.717) is 13.2 Å². The van der Waals surface area contributed by atoms with Crippen LogP contribution in [0.25, 0.3) is 0 Å². The van der Waals surface area contributed by atoms with E-state index in [0.717, 1.165) is 5.75 Å². The van der Waals surface area contributed by atoms with Crippen LogP contribution in [-0.2, 0) is 4.79 Å². The largest absolute Gasteiger partial charge is 0.492 e. The third kappa shape index (κ3) is 3.77. The fourth-order valence-electron chi connectivity index (χ4n) is 1.20. The van der Waals surface area contributed by atoms with Crippen LogP contribution in [0.5, 0.6) is 5.75 Å². The fraction of sp³-hybridized carbons (Fsp3) is 0.308. The molecule has 0 spiro atoms. The number of amides is 1. The number of rotatable bonds is 5. The van der Waals surface area contributed by atoms with E-state index in [4.69, 9.17) is 4.74 Å². The molecule has 0 saturated carbocycles. The SMILES string of the molecule is C=CC(=O)N(C)CCOc1ccc(C)cc1. The maximum absolute atomic E-state index is 11.2. The van der Waals surface area contributed by atoms with Gasteiger partial charge in [0.2, 0.25) is 5.91 Å². The second kappa shape index (κ2) is 5.95. The molecule has 1 amide bonds. The number of benzene rings is 1. The first-order chi connectivity index (χ1) is 7.63. The highest BCUT2D eigenvalue weighted by atomic mass is 16.5. The second-order valence-electron chi connectivity index (χ2n) is 3.63. The van der Waals surface area contributed by atoms with Gasteiger partial charge in [-0.1, -0.05) is 24.3 Å². The van der Waals surface area contributed by atoms with Crippen molar-refractivity contribution in [1.29, 1.82) is 0 Å². The van der Waals surface area contributed by atoms with Gasteiger partial charge in [-0.05, 0) is 25.1 Å². The molecule has 0 unspecified atom stereocenters. The summed E-state index contributed by atoms with van der Waals surface area (Å²) in [7, 11) is 1.72. The minimum absolute atomic E-state index is 0.0903. The van der Waals surface area contributed by atoms with Crippen molar-refractivity contribution in [3.8, 4) is 5.75 Å². The lowest BCUT2D eigenvalue weighted by Gasteiger charge is -2.15. The molecule has 0 radical (unpaired) electrons.